The summed E-state index contributed by atoms with van der Waals surface area (Å²) in [6.07, 6.45) is 0. The summed E-state index contributed by atoms with van der Waals surface area (Å²) in [7, 11) is 6.27. The lowest BCUT2D eigenvalue weighted by molar-refractivity contribution is 0.0939. The number of carbonyl (C=O) groups excluding carboxylic acids is 1. The lowest BCUT2D eigenvalue weighted by atomic mass is 10.0. The number of nitrogens with zero attached hydrogens (tertiary/aromatic N) is 1. The number of methoxy groups -OCH3 is 4. The summed E-state index contributed by atoms with van der Waals surface area (Å²) >= 11 is 0. The number of aryl methyl sites for hydroxylation is 1. The van der Waals surface area contributed by atoms with Gasteiger partial charge in [0.2, 0.25) is 5.75 Å². The van der Waals surface area contributed by atoms with Crippen molar-refractivity contribution in [1.29, 1.82) is 0 Å². The summed E-state index contributed by atoms with van der Waals surface area (Å²) in [5, 5.41) is 3.86. The first kappa shape index (κ1) is 21.2. The van der Waals surface area contributed by atoms with Crippen LogP contribution < -0.4 is 24.3 Å². The summed E-state index contributed by atoms with van der Waals surface area (Å²) < 4.78 is 21.5. The zero-order valence-corrected chi connectivity index (χ0v) is 18.0. The average Bonchev–Trinajstić information content (AvgIpc) is 2.76. The Morgan fingerprint density at radius 1 is 0.933 bits per heavy atom. The molecule has 3 rings (SSSR count). The minimum atomic E-state index is -0.299. The van der Waals surface area contributed by atoms with Crippen LogP contribution in [-0.2, 0) is 0 Å². The quantitative estimate of drug-likeness (QED) is 0.633. The predicted molar refractivity (Wildman–Crippen MR) is 115 cm³/mol. The number of amides is 1. The molecule has 1 amide bonds. The van der Waals surface area contributed by atoms with Crippen LogP contribution in [0.5, 0.6) is 23.0 Å². The van der Waals surface area contributed by atoms with Crippen LogP contribution in [0, 0.1) is 6.92 Å². The average molecular weight is 410 g/mol. The zero-order valence-electron chi connectivity index (χ0n) is 18.0. The Bertz CT molecular complexity index is 1060. The van der Waals surface area contributed by atoms with Gasteiger partial charge in [-0.3, -0.25) is 9.78 Å². The number of hydrogen-bond donors (Lipinski definition) is 1. The van der Waals surface area contributed by atoms with Gasteiger partial charge in [0.25, 0.3) is 5.91 Å². The number of nitrogens with one attached hydrogen (secondary N) is 1. The Labute approximate surface area is 175 Å². The Morgan fingerprint density at radius 2 is 1.60 bits per heavy atom. The third-order valence-electron chi connectivity index (χ3n) is 4.99. The minimum Gasteiger partial charge on any atom is -0.497 e. The van der Waals surface area contributed by atoms with Crippen LogP contribution in [0.25, 0.3) is 10.9 Å². The lowest BCUT2D eigenvalue weighted by Crippen LogP contribution is -2.27. The lowest BCUT2D eigenvalue weighted by Gasteiger charge is -2.19. The van der Waals surface area contributed by atoms with Gasteiger partial charge in [-0.05, 0) is 55.8 Å². The van der Waals surface area contributed by atoms with Gasteiger partial charge in [0.15, 0.2) is 11.5 Å². The van der Waals surface area contributed by atoms with Gasteiger partial charge < -0.3 is 24.3 Å². The van der Waals surface area contributed by atoms with E-state index in [2.05, 4.69) is 10.3 Å². The molecule has 0 aliphatic heterocycles. The first-order chi connectivity index (χ1) is 14.4. The molecule has 0 radical (unpaired) electrons. The van der Waals surface area contributed by atoms with Gasteiger partial charge in [0.1, 0.15) is 5.75 Å². The van der Waals surface area contributed by atoms with Gasteiger partial charge in [0, 0.05) is 5.39 Å². The number of ether oxygens (including phenoxy) is 4. The molecule has 7 nitrogen and oxygen atoms in total. The van der Waals surface area contributed by atoms with E-state index in [1.165, 1.54) is 0 Å². The number of aromatic nitrogens is 1. The van der Waals surface area contributed by atoms with Crippen molar-refractivity contribution in [2.24, 2.45) is 0 Å². The van der Waals surface area contributed by atoms with Crippen LogP contribution in [-0.4, -0.2) is 39.3 Å². The number of hydrogen-bond acceptors (Lipinski definition) is 6. The van der Waals surface area contributed by atoms with Crippen LogP contribution in [0.3, 0.4) is 0 Å². The highest BCUT2D eigenvalue weighted by Gasteiger charge is 2.19. The van der Waals surface area contributed by atoms with Crippen molar-refractivity contribution >= 4 is 16.8 Å². The van der Waals surface area contributed by atoms with E-state index in [1.54, 1.807) is 28.4 Å². The Hall–Kier alpha value is -3.48. The van der Waals surface area contributed by atoms with Gasteiger partial charge in [-0.1, -0.05) is 0 Å². The molecule has 0 unspecified atom stereocenters. The van der Waals surface area contributed by atoms with Crippen LogP contribution in [0.1, 0.15) is 34.6 Å². The summed E-state index contributed by atoms with van der Waals surface area (Å²) in [5.41, 5.74) is 2.80. The number of rotatable bonds is 7. The van der Waals surface area contributed by atoms with Crippen molar-refractivity contribution in [2.45, 2.75) is 19.9 Å². The molecule has 1 atom stereocenters. The molecule has 7 heteroatoms. The maximum absolute atomic E-state index is 13.0. The zero-order chi connectivity index (χ0) is 21.8. The fourth-order valence-corrected chi connectivity index (χ4v) is 3.32. The molecule has 0 bridgehead atoms. The first-order valence-corrected chi connectivity index (χ1v) is 9.48. The Kier molecular flexibility index (Phi) is 6.30. The standard InChI is InChI=1S/C23H26N2O5/c1-13(15-11-20(28-4)22(30-6)21(12-15)29-5)25-23(26)18-10-16-9-17(27-3)7-8-19(16)24-14(18)2/h7-13H,1-6H3,(H,25,26)/t13-/m0/s1. The monoisotopic (exact) mass is 410 g/mol. The molecule has 0 spiro atoms. The van der Waals surface area contributed by atoms with E-state index in [4.69, 9.17) is 18.9 Å². The topological polar surface area (TPSA) is 78.9 Å². The largest absolute Gasteiger partial charge is 0.497 e. The molecule has 1 heterocycles. The maximum atomic E-state index is 13.0. The molecule has 0 aliphatic rings. The summed E-state index contributed by atoms with van der Waals surface area (Å²) in [6, 6.07) is 10.8. The van der Waals surface area contributed by atoms with E-state index >= 15 is 0 Å². The van der Waals surface area contributed by atoms with E-state index in [-0.39, 0.29) is 11.9 Å². The van der Waals surface area contributed by atoms with Crippen molar-refractivity contribution in [3.63, 3.8) is 0 Å². The highest BCUT2D eigenvalue weighted by Crippen LogP contribution is 2.39. The molecule has 0 aliphatic carbocycles. The van der Waals surface area contributed by atoms with Gasteiger partial charge in [-0.15, -0.1) is 0 Å². The molecule has 3 aromatic rings. The Balaban J connectivity index is 1.91. The van der Waals surface area contributed by atoms with E-state index in [0.717, 1.165) is 16.5 Å². The summed E-state index contributed by atoms with van der Waals surface area (Å²) in [5.74, 6) is 2.06. The molecular weight excluding hydrogens is 384 g/mol. The van der Waals surface area contributed by atoms with Crippen LogP contribution >= 0.6 is 0 Å². The van der Waals surface area contributed by atoms with E-state index < -0.39 is 0 Å². The fourth-order valence-electron chi connectivity index (χ4n) is 3.32. The Morgan fingerprint density at radius 3 is 2.17 bits per heavy atom. The SMILES string of the molecule is COc1ccc2nc(C)c(C(=O)N[C@@H](C)c3cc(OC)c(OC)c(OC)c3)cc2c1. The predicted octanol–water partition coefficient (Wildman–Crippen LogP) is 4.07. The smallest absolute Gasteiger partial charge is 0.253 e. The van der Waals surface area contributed by atoms with E-state index in [1.807, 2.05) is 50.2 Å². The molecular formula is C23H26N2O5. The second kappa shape index (κ2) is 8.90. The van der Waals surface area contributed by atoms with Crippen molar-refractivity contribution in [1.82, 2.24) is 10.3 Å². The third-order valence-corrected chi connectivity index (χ3v) is 4.99. The van der Waals surface area contributed by atoms with Gasteiger partial charge in [-0.25, -0.2) is 0 Å². The summed E-state index contributed by atoms with van der Waals surface area (Å²) in [6.45, 7) is 3.72. The second-order valence-electron chi connectivity index (χ2n) is 6.83. The molecule has 0 saturated carbocycles. The molecule has 1 N–H and O–H groups in total. The summed E-state index contributed by atoms with van der Waals surface area (Å²) in [4.78, 5) is 17.6. The van der Waals surface area contributed by atoms with Crippen molar-refractivity contribution in [3.8, 4) is 23.0 Å². The first-order valence-electron chi connectivity index (χ1n) is 9.48. The molecule has 0 saturated heterocycles. The van der Waals surface area contributed by atoms with Crippen molar-refractivity contribution < 1.29 is 23.7 Å². The number of carbonyl (C=O) groups is 1. The molecule has 1 aromatic heterocycles. The van der Waals surface area contributed by atoms with Crippen molar-refractivity contribution in [3.05, 3.63) is 53.2 Å². The normalized spacial score (nSPS) is 11.7. The second-order valence-corrected chi connectivity index (χ2v) is 6.83. The number of fused-ring (bicyclic) bond motifs is 1. The van der Waals surface area contributed by atoms with Gasteiger partial charge >= 0.3 is 0 Å². The van der Waals surface area contributed by atoms with Crippen LogP contribution in [0.15, 0.2) is 36.4 Å². The molecule has 30 heavy (non-hydrogen) atoms. The fraction of sp³-hybridized carbons (Fsp3) is 0.304. The maximum Gasteiger partial charge on any atom is 0.253 e. The van der Waals surface area contributed by atoms with Gasteiger partial charge in [-0.2, -0.15) is 0 Å². The van der Waals surface area contributed by atoms with E-state index in [0.29, 0.717) is 34.3 Å². The molecule has 2 aromatic carbocycles. The van der Waals surface area contributed by atoms with Crippen LogP contribution in [0.2, 0.25) is 0 Å². The number of benzene rings is 2. The highest BCUT2D eigenvalue weighted by atomic mass is 16.5. The third kappa shape index (κ3) is 4.10. The molecule has 0 fully saturated rings. The van der Waals surface area contributed by atoms with Gasteiger partial charge in [0.05, 0.1) is 51.3 Å². The number of pyridine rings is 1. The van der Waals surface area contributed by atoms with Crippen LogP contribution in [0.4, 0.5) is 0 Å². The molecule has 158 valence electrons. The highest BCUT2D eigenvalue weighted by molar-refractivity contribution is 5.99. The minimum absolute atomic E-state index is 0.217. The van der Waals surface area contributed by atoms with Crippen molar-refractivity contribution in [2.75, 3.05) is 28.4 Å². The van der Waals surface area contributed by atoms with E-state index in [9.17, 15) is 4.79 Å².